The van der Waals surface area contributed by atoms with Gasteiger partial charge in [0.2, 0.25) is 12.2 Å². The van der Waals surface area contributed by atoms with Gasteiger partial charge in [-0.05, 0) is 30.9 Å². The van der Waals surface area contributed by atoms with Crippen LogP contribution in [0.25, 0.3) is 0 Å². The maximum atomic E-state index is 11.2. The Labute approximate surface area is 204 Å². The number of carbonyl (C=O) groups excluding carboxylic acids is 1. The van der Waals surface area contributed by atoms with Crippen LogP contribution >= 0.6 is 0 Å². The minimum atomic E-state index is -1.55. The van der Waals surface area contributed by atoms with E-state index in [0.29, 0.717) is 19.6 Å². The molecule has 3 N–H and O–H groups in total. The van der Waals surface area contributed by atoms with Crippen LogP contribution in [-0.4, -0.2) is 81.6 Å². The molecule has 2 saturated heterocycles. The number of ether oxygens (including phenoxy) is 4. The van der Waals surface area contributed by atoms with E-state index in [-0.39, 0.29) is 18.5 Å². The van der Waals surface area contributed by atoms with Crippen molar-refractivity contribution in [3.8, 4) is 5.88 Å². The number of aryl methyl sites for hydroxylation is 1. The lowest BCUT2D eigenvalue weighted by Crippen LogP contribution is -2.60. The molecule has 4 rings (SSSR count). The van der Waals surface area contributed by atoms with Crippen LogP contribution in [0.5, 0.6) is 5.88 Å². The summed E-state index contributed by atoms with van der Waals surface area (Å²) in [5.41, 5.74) is 4.06. The van der Waals surface area contributed by atoms with Crippen molar-refractivity contribution in [3.05, 3.63) is 46.6 Å². The molecule has 10 nitrogen and oxygen atoms in total. The summed E-state index contributed by atoms with van der Waals surface area (Å²) >= 11 is 0. The molecular formula is C25H34N2O8. The Morgan fingerprint density at radius 1 is 1.14 bits per heavy atom. The molecule has 6 atom stereocenters. The van der Waals surface area contributed by atoms with E-state index < -0.39 is 36.7 Å². The number of esters is 1. The van der Waals surface area contributed by atoms with E-state index in [9.17, 15) is 20.1 Å². The Morgan fingerprint density at radius 3 is 2.49 bits per heavy atom. The highest BCUT2D eigenvalue weighted by Crippen LogP contribution is 2.32. The van der Waals surface area contributed by atoms with Crippen molar-refractivity contribution >= 4 is 5.97 Å². The molecule has 1 unspecified atom stereocenters. The molecule has 0 amide bonds. The molecule has 0 saturated carbocycles. The Hall–Kier alpha value is -2.50. The van der Waals surface area contributed by atoms with Crippen LogP contribution in [-0.2, 0) is 31.8 Å². The quantitative estimate of drug-likeness (QED) is 0.465. The molecule has 2 fully saturated rings. The molecular weight excluding hydrogens is 456 g/mol. The fourth-order valence-electron chi connectivity index (χ4n) is 4.45. The van der Waals surface area contributed by atoms with Gasteiger partial charge in [0, 0.05) is 31.2 Å². The highest BCUT2D eigenvalue weighted by Gasteiger charge is 2.46. The second-order valence-corrected chi connectivity index (χ2v) is 9.11. The average molecular weight is 491 g/mol. The van der Waals surface area contributed by atoms with Crippen LogP contribution in [0.1, 0.15) is 48.7 Å². The number of carbonyl (C=O) groups is 1. The van der Waals surface area contributed by atoms with Crippen LogP contribution in [0.4, 0.5) is 0 Å². The summed E-state index contributed by atoms with van der Waals surface area (Å²) in [7, 11) is 0. The maximum absolute atomic E-state index is 11.2. The normalized spacial score (nSPS) is 28.7. The van der Waals surface area contributed by atoms with E-state index in [0.717, 1.165) is 29.7 Å². The van der Waals surface area contributed by atoms with E-state index >= 15 is 0 Å². The van der Waals surface area contributed by atoms with Crippen LogP contribution in [0.3, 0.4) is 0 Å². The SMILES string of the molecule is CCc1ccc(Cc2c(O[C@@H]3O[C@H](COC(C)=O)[C@@H](O)[C@H](O)[C@H]3O)nn(C3CCOC3)c2C)cc1. The second kappa shape index (κ2) is 11.0. The molecule has 0 spiro atoms. The zero-order valence-corrected chi connectivity index (χ0v) is 20.3. The van der Waals surface area contributed by atoms with E-state index in [1.807, 2.05) is 11.6 Å². The van der Waals surface area contributed by atoms with Crippen LogP contribution < -0.4 is 4.74 Å². The number of hydrogen-bond acceptors (Lipinski definition) is 9. The van der Waals surface area contributed by atoms with Crippen LogP contribution in [0, 0.1) is 6.92 Å². The summed E-state index contributed by atoms with van der Waals surface area (Å²) in [6, 6.07) is 8.38. The summed E-state index contributed by atoms with van der Waals surface area (Å²) in [5.74, 6) is -0.281. The van der Waals surface area contributed by atoms with Gasteiger partial charge in [-0.15, -0.1) is 5.10 Å². The number of aromatic nitrogens is 2. The van der Waals surface area contributed by atoms with Gasteiger partial charge < -0.3 is 34.3 Å². The van der Waals surface area contributed by atoms with Crippen molar-refractivity contribution < 1.29 is 39.1 Å². The summed E-state index contributed by atoms with van der Waals surface area (Å²) in [6.45, 7) is 6.22. The van der Waals surface area contributed by atoms with Gasteiger partial charge in [0.15, 0.2) is 0 Å². The van der Waals surface area contributed by atoms with Gasteiger partial charge in [-0.1, -0.05) is 31.2 Å². The first-order chi connectivity index (χ1) is 16.8. The molecule has 1 aromatic heterocycles. The van der Waals surface area contributed by atoms with E-state index in [2.05, 4.69) is 36.3 Å². The molecule has 3 heterocycles. The Bertz CT molecular complexity index is 1000. The zero-order chi connectivity index (χ0) is 25.1. The van der Waals surface area contributed by atoms with Gasteiger partial charge in [-0.25, -0.2) is 0 Å². The average Bonchev–Trinajstić information content (AvgIpc) is 3.48. The molecule has 0 bridgehead atoms. The Kier molecular flexibility index (Phi) is 8.08. The molecule has 192 valence electrons. The summed E-state index contributed by atoms with van der Waals surface area (Å²) in [4.78, 5) is 11.2. The minimum Gasteiger partial charge on any atom is -0.463 e. The molecule has 2 aliphatic rings. The van der Waals surface area contributed by atoms with E-state index in [1.165, 1.54) is 12.5 Å². The fourth-order valence-corrected chi connectivity index (χ4v) is 4.45. The van der Waals surface area contributed by atoms with Gasteiger partial charge in [-0.2, -0.15) is 0 Å². The molecule has 0 aliphatic carbocycles. The third kappa shape index (κ3) is 5.68. The lowest BCUT2D eigenvalue weighted by molar-refractivity contribution is -0.279. The topological polar surface area (TPSA) is 132 Å². The van der Waals surface area contributed by atoms with Gasteiger partial charge in [0.05, 0.1) is 12.6 Å². The standard InChI is InChI=1S/C25H34N2O8/c1-4-16-5-7-17(8-6-16)11-19-14(2)27(18-9-10-32-12-18)26-24(19)35-25-23(31)22(30)21(29)20(34-25)13-33-15(3)28/h5-8,18,20-23,25,29-31H,4,9-13H2,1-3H3/t18?,20-,21-,22+,23-,25+/m1/s1. The van der Waals surface area contributed by atoms with Crippen molar-refractivity contribution in [3.63, 3.8) is 0 Å². The summed E-state index contributed by atoms with van der Waals surface area (Å²) in [6.07, 6.45) is -4.60. The number of rotatable bonds is 8. The first kappa shape index (κ1) is 25.6. The van der Waals surface area contributed by atoms with Crippen molar-refractivity contribution in [2.24, 2.45) is 0 Å². The lowest BCUT2D eigenvalue weighted by Gasteiger charge is -2.39. The van der Waals surface area contributed by atoms with Gasteiger partial charge in [0.25, 0.3) is 0 Å². The van der Waals surface area contributed by atoms with Crippen molar-refractivity contribution in [2.75, 3.05) is 19.8 Å². The van der Waals surface area contributed by atoms with E-state index in [1.54, 1.807) is 0 Å². The number of aliphatic hydroxyl groups is 3. The number of benzene rings is 1. The van der Waals surface area contributed by atoms with Crippen LogP contribution in [0.15, 0.2) is 24.3 Å². The molecule has 10 heteroatoms. The van der Waals surface area contributed by atoms with E-state index in [4.69, 9.17) is 18.9 Å². The first-order valence-electron chi connectivity index (χ1n) is 12.0. The third-order valence-corrected chi connectivity index (χ3v) is 6.65. The lowest BCUT2D eigenvalue weighted by atomic mass is 9.99. The van der Waals surface area contributed by atoms with Gasteiger partial charge in [0.1, 0.15) is 31.0 Å². The summed E-state index contributed by atoms with van der Waals surface area (Å²) < 4.78 is 24.1. The number of aliphatic hydroxyl groups excluding tert-OH is 3. The van der Waals surface area contributed by atoms with Crippen molar-refractivity contribution in [1.82, 2.24) is 9.78 Å². The second-order valence-electron chi connectivity index (χ2n) is 9.11. The predicted molar refractivity (Wildman–Crippen MR) is 124 cm³/mol. The largest absolute Gasteiger partial charge is 0.463 e. The van der Waals surface area contributed by atoms with Crippen LogP contribution in [0.2, 0.25) is 0 Å². The minimum absolute atomic E-state index is 0.0647. The Morgan fingerprint density at radius 2 is 1.86 bits per heavy atom. The van der Waals surface area contributed by atoms with Crippen molar-refractivity contribution in [2.45, 2.75) is 76.8 Å². The smallest absolute Gasteiger partial charge is 0.302 e. The number of nitrogens with zero attached hydrogens (tertiary/aromatic N) is 2. The first-order valence-corrected chi connectivity index (χ1v) is 12.0. The molecule has 2 aliphatic heterocycles. The maximum Gasteiger partial charge on any atom is 0.302 e. The third-order valence-electron chi connectivity index (χ3n) is 6.65. The molecule has 35 heavy (non-hydrogen) atoms. The van der Waals surface area contributed by atoms with Gasteiger partial charge >= 0.3 is 5.97 Å². The highest BCUT2D eigenvalue weighted by molar-refractivity contribution is 5.65. The number of hydrogen-bond donors (Lipinski definition) is 3. The monoisotopic (exact) mass is 490 g/mol. The molecule has 1 aromatic carbocycles. The molecule has 0 radical (unpaired) electrons. The Balaban J connectivity index is 1.61. The fraction of sp³-hybridized carbons (Fsp3) is 0.600. The highest BCUT2D eigenvalue weighted by atomic mass is 16.7. The summed E-state index contributed by atoms with van der Waals surface area (Å²) in [5, 5.41) is 35.9. The predicted octanol–water partition coefficient (Wildman–Crippen LogP) is 1.06. The van der Waals surface area contributed by atoms with Crippen molar-refractivity contribution in [1.29, 1.82) is 0 Å². The van der Waals surface area contributed by atoms with Gasteiger partial charge in [-0.3, -0.25) is 9.48 Å². The molecule has 2 aromatic rings. The zero-order valence-electron chi connectivity index (χ0n) is 20.3.